The Hall–Kier alpha value is -1.44. The van der Waals surface area contributed by atoms with Gasteiger partial charge in [-0.2, -0.15) is 5.26 Å². The molecule has 0 fully saturated rings. The van der Waals surface area contributed by atoms with E-state index in [0.717, 1.165) is 49.0 Å². The van der Waals surface area contributed by atoms with Crippen LogP contribution in [-0.4, -0.2) is 13.1 Å². The van der Waals surface area contributed by atoms with E-state index in [1.165, 1.54) is 5.69 Å². The van der Waals surface area contributed by atoms with Gasteiger partial charge in [0, 0.05) is 18.8 Å². The molecule has 0 atom stereocenters. The maximum atomic E-state index is 9.02. The molecule has 108 valence electrons. The molecule has 20 heavy (non-hydrogen) atoms. The van der Waals surface area contributed by atoms with Gasteiger partial charge in [-0.1, -0.05) is 26.0 Å². The Bertz CT molecular complexity index is 479. The summed E-state index contributed by atoms with van der Waals surface area (Å²) in [6.07, 6.45) is 2.28. The van der Waals surface area contributed by atoms with Gasteiger partial charge < -0.3 is 4.90 Å². The number of rotatable bonds is 7. The van der Waals surface area contributed by atoms with Gasteiger partial charge in [0.2, 0.25) is 0 Å². The summed E-state index contributed by atoms with van der Waals surface area (Å²) in [6.45, 7) is 8.47. The third-order valence-corrected chi connectivity index (χ3v) is 3.85. The molecule has 2 N–H and O–H groups in total. The van der Waals surface area contributed by atoms with Crippen molar-refractivity contribution in [1.82, 2.24) is 0 Å². The molecule has 1 rings (SSSR count). The zero-order valence-electron chi connectivity index (χ0n) is 12.5. The quantitative estimate of drug-likeness (QED) is 0.604. The number of hydrogen-bond acceptors (Lipinski definition) is 4. The highest BCUT2D eigenvalue weighted by Gasteiger charge is 2.07. The van der Waals surface area contributed by atoms with Crippen LogP contribution in [0.15, 0.2) is 29.2 Å². The minimum Gasteiger partial charge on any atom is -0.372 e. The SMILES string of the molecule is CCCN(CCC)c1ccc(/C(C)=C(\C#N)SN)cc1. The highest BCUT2D eigenvalue weighted by Crippen LogP contribution is 2.25. The van der Waals surface area contributed by atoms with Crippen LogP contribution < -0.4 is 10.0 Å². The number of nitrogens with zero attached hydrogens (tertiary/aromatic N) is 2. The summed E-state index contributed by atoms with van der Waals surface area (Å²) in [7, 11) is 0. The molecule has 0 aliphatic rings. The lowest BCUT2D eigenvalue weighted by Gasteiger charge is -2.24. The molecule has 0 radical (unpaired) electrons. The Morgan fingerprint density at radius 2 is 1.75 bits per heavy atom. The van der Waals surface area contributed by atoms with Gasteiger partial charge in [0.05, 0.1) is 0 Å². The van der Waals surface area contributed by atoms with Gasteiger partial charge >= 0.3 is 0 Å². The number of hydrogen-bond donors (Lipinski definition) is 1. The van der Waals surface area contributed by atoms with Gasteiger partial charge in [-0.05, 0) is 55.0 Å². The summed E-state index contributed by atoms with van der Waals surface area (Å²) in [4.78, 5) is 2.96. The van der Waals surface area contributed by atoms with Crippen molar-refractivity contribution in [1.29, 1.82) is 5.26 Å². The van der Waals surface area contributed by atoms with E-state index in [9.17, 15) is 0 Å². The summed E-state index contributed by atoms with van der Waals surface area (Å²) in [5, 5.41) is 14.5. The van der Waals surface area contributed by atoms with Gasteiger partial charge in [-0.15, -0.1) is 0 Å². The lowest BCUT2D eigenvalue weighted by Crippen LogP contribution is -2.24. The average molecular weight is 289 g/mol. The number of benzene rings is 1. The summed E-state index contributed by atoms with van der Waals surface area (Å²) < 4.78 is 0. The molecular formula is C16H23N3S. The van der Waals surface area contributed by atoms with Crippen molar-refractivity contribution in [2.75, 3.05) is 18.0 Å². The topological polar surface area (TPSA) is 53.0 Å². The second-order valence-corrected chi connectivity index (χ2v) is 5.36. The first kappa shape index (κ1) is 16.6. The van der Waals surface area contributed by atoms with Crippen molar-refractivity contribution < 1.29 is 0 Å². The predicted molar refractivity (Wildman–Crippen MR) is 89.2 cm³/mol. The van der Waals surface area contributed by atoms with Crippen molar-refractivity contribution in [2.45, 2.75) is 33.6 Å². The predicted octanol–water partition coefficient (Wildman–Crippen LogP) is 4.17. The van der Waals surface area contributed by atoms with Gasteiger partial charge in [0.15, 0.2) is 0 Å². The van der Waals surface area contributed by atoms with Crippen LogP contribution in [0.1, 0.15) is 39.2 Å². The first-order valence-corrected chi connectivity index (χ1v) is 7.88. The Labute approximate surface area is 126 Å². The van der Waals surface area contributed by atoms with Gasteiger partial charge in [-0.3, -0.25) is 5.14 Å². The van der Waals surface area contributed by atoms with Crippen LogP contribution in [0.5, 0.6) is 0 Å². The maximum Gasteiger partial charge on any atom is 0.108 e. The molecule has 0 spiro atoms. The van der Waals surface area contributed by atoms with Crippen LogP contribution in [0.4, 0.5) is 5.69 Å². The second kappa shape index (κ2) is 8.68. The fourth-order valence-electron chi connectivity index (χ4n) is 2.16. The summed E-state index contributed by atoms with van der Waals surface area (Å²) in [5.74, 6) is 0. The molecule has 0 aliphatic carbocycles. The molecular weight excluding hydrogens is 266 g/mol. The molecule has 0 saturated carbocycles. The summed E-state index contributed by atoms with van der Waals surface area (Å²) in [5.41, 5.74) is 3.23. The fraction of sp³-hybridized carbons (Fsp3) is 0.438. The monoisotopic (exact) mass is 289 g/mol. The van der Waals surface area contributed by atoms with E-state index in [1.54, 1.807) is 0 Å². The molecule has 1 aromatic rings. The van der Waals surface area contributed by atoms with Gasteiger partial charge in [0.25, 0.3) is 0 Å². The third kappa shape index (κ3) is 4.29. The van der Waals surface area contributed by atoms with Crippen molar-refractivity contribution in [3.63, 3.8) is 0 Å². The average Bonchev–Trinajstić information content (AvgIpc) is 2.48. The Kier molecular flexibility index (Phi) is 7.21. The minimum atomic E-state index is 0.566. The van der Waals surface area contributed by atoms with E-state index in [2.05, 4.69) is 49.1 Å². The minimum absolute atomic E-state index is 0.566. The standard InChI is InChI=1S/C16H23N3S/c1-4-10-19(11-5-2)15-8-6-14(7-9-15)13(3)16(12-17)20-18/h6-9H,4-5,10-11,18H2,1-3H3/b16-13+. The Morgan fingerprint density at radius 3 is 2.15 bits per heavy atom. The molecule has 0 saturated heterocycles. The van der Waals surface area contributed by atoms with E-state index >= 15 is 0 Å². The van der Waals surface area contributed by atoms with E-state index < -0.39 is 0 Å². The molecule has 0 heterocycles. The zero-order valence-corrected chi connectivity index (χ0v) is 13.3. The van der Waals surface area contributed by atoms with E-state index in [1.807, 2.05) is 6.92 Å². The third-order valence-electron chi connectivity index (χ3n) is 3.21. The largest absolute Gasteiger partial charge is 0.372 e. The van der Waals surface area contributed by atoms with Crippen LogP contribution in [0.3, 0.4) is 0 Å². The maximum absolute atomic E-state index is 9.02. The molecule has 4 heteroatoms. The van der Waals surface area contributed by atoms with E-state index in [4.69, 9.17) is 10.4 Å². The molecule has 3 nitrogen and oxygen atoms in total. The first-order chi connectivity index (χ1) is 9.67. The van der Waals surface area contributed by atoms with E-state index in [0.29, 0.717) is 4.91 Å². The Balaban J connectivity index is 2.98. The van der Waals surface area contributed by atoms with E-state index in [-0.39, 0.29) is 0 Å². The molecule has 0 unspecified atom stereocenters. The van der Waals surface area contributed by atoms with Gasteiger partial charge in [-0.25, -0.2) is 0 Å². The smallest absolute Gasteiger partial charge is 0.108 e. The fourth-order valence-corrected chi connectivity index (χ4v) is 2.51. The van der Waals surface area contributed by atoms with Crippen molar-refractivity contribution in [3.8, 4) is 6.07 Å². The number of nitrogens with two attached hydrogens (primary N) is 1. The Morgan fingerprint density at radius 1 is 1.20 bits per heavy atom. The lowest BCUT2D eigenvalue weighted by atomic mass is 10.1. The number of nitriles is 1. The van der Waals surface area contributed by atoms with Crippen LogP contribution in [-0.2, 0) is 0 Å². The molecule has 0 aliphatic heterocycles. The van der Waals surface area contributed by atoms with Gasteiger partial charge in [0.1, 0.15) is 11.0 Å². The highest BCUT2D eigenvalue weighted by molar-refractivity contribution is 8.01. The molecule has 0 amide bonds. The van der Waals surface area contributed by atoms with Crippen LogP contribution in [0.25, 0.3) is 5.57 Å². The number of anilines is 1. The molecule has 0 bridgehead atoms. The van der Waals surface area contributed by atoms with Crippen molar-refractivity contribution in [2.24, 2.45) is 5.14 Å². The van der Waals surface area contributed by atoms with Crippen LogP contribution in [0.2, 0.25) is 0 Å². The summed E-state index contributed by atoms with van der Waals surface area (Å²) >= 11 is 1.01. The lowest BCUT2D eigenvalue weighted by molar-refractivity contribution is 0.745. The van der Waals surface area contributed by atoms with Crippen LogP contribution in [0, 0.1) is 11.3 Å². The number of allylic oxidation sites excluding steroid dienone is 2. The van der Waals surface area contributed by atoms with Crippen LogP contribution >= 0.6 is 11.9 Å². The van der Waals surface area contributed by atoms with Crippen molar-refractivity contribution >= 4 is 23.2 Å². The normalized spacial score (nSPS) is 11.8. The zero-order chi connectivity index (χ0) is 15.0. The summed E-state index contributed by atoms with van der Waals surface area (Å²) in [6, 6.07) is 10.5. The van der Waals surface area contributed by atoms with Crippen molar-refractivity contribution in [3.05, 3.63) is 34.7 Å². The second-order valence-electron chi connectivity index (χ2n) is 4.72. The first-order valence-electron chi connectivity index (χ1n) is 7.01. The highest BCUT2D eigenvalue weighted by atomic mass is 32.2. The molecule has 0 aromatic heterocycles. The molecule has 1 aromatic carbocycles.